The zero-order chi connectivity index (χ0) is 15.7. The van der Waals surface area contributed by atoms with Crippen molar-refractivity contribution in [2.45, 2.75) is 31.7 Å². The van der Waals surface area contributed by atoms with Gasteiger partial charge in [0.1, 0.15) is 0 Å². The summed E-state index contributed by atoms with van der Waals surface area (Å²) in [6.07, 6.45) is 2.87. The highest BCUT2D eigenvalue weighted by Crippen LogP contribution is 2.40. The van der Waals surface area contributed by atoms with Crippen molar-refractivity contribution >= 4 is 23.4 Å². The van der Waals surface area contributed by atoms with E-state index in [0.717, 1.165) is 19.3 Å². The molecule has 2 aliphatic heterocycles. The van der Waals surface area contributed by atoms with E-state index in [0.29, 0.717) is 28.6 Å². The van der Waals surface area contributed by atoms with Crippen molar-refractivity contribution in [1.82, 2.24) is 4.90 Å². The molecule has 0 bridgehead atoms. The Morgan fingerprint density at radius 3 is 2.91 bits per heavy atom. The highest BCUT2D eigenvalue weighted by Gasteiger charge is 2.30. The number of halogens is 1. The summed E-state index contributed by atoms with van der Waals surface area (Å²) in [7, 11) is 0. The molecule has 0 saturated carbocycles. The number of hydrogen-bond donors (Lipinski definition) is 1. The van der Waals surface area contributed by atoms with E-state index in [1.165, 1.54) is 0 Å². The molecule has 1 atom stereocenters. The molecular formula is C15H17ClN2O4. The van der Waals surface area contributed by atoms with Gasteiger partial charge in [0.05, 0.1) is 5.02 Å². The van der Waals surface area contributed by atoms with Crippen LogP contribution in [0.5, 0.6) is 11.5 Å². The van der Waals surface area contributed by atoms with Crippen LogP contribution in [0.2, 0.25) is 5.02 Å². The van der Waals surface area contributed by atoms with Gasteiger partial charge >= 0.3 is 0 Å². The summed E-state index contributed by atoms with van der Waals surface area (Å²) in [5.74, 6) is 0.379. The Hall–Kier alpha value is -1.95. The molecule has 118 valence electrons. The van der Waals surface area contributed by atoms with Gasteiger partial charge in [0, 0.05) is 24.6 Å². The van der Waals surface area contributed by atoms with Gasteiger partial charge in [0.15, 0.2) is 11.5 Å². The SMILES string of the molecule is NC(=O)C[C@H]1CCCCN1C(=O)c1cc(Cl)c2c(c1)OCO2. The van der Waals surface area contributed by atoms with Crippen LogP contribution in [0.25, 0.3) is 0 Å². The molecule has 0 unspecified atom stereocenters. The van der Waals surface area contributed by atoms with E-state index in [-0.39, 0.29) is 25.2 Å². The van der Waals surface area contributed by atoms with Gasteiger partial charge in [-0.3, -0.25) is 9.59 Å². The fourth-order valence-corrected chi connectivity index (χ4v) is 3.23. The standard InChI is InChI=1S/C15H17ClN2O4/c16-11-5-9(6-12-14(11)22-8-21-12)15(20)18-4-2-1-3-10(18)7-13(17)19/h5-6,10H,1-4,7-8H2,(H2,17,19)/t10-/m1/s1. The summed E-state index contributed by atoms with van der Waals surface area (Å²) in [6.45, 7) is 0.712. The van der Waals surface area contributed by atoms with Crippen molar-refractivity contribution in [2.75, 3.05) is 13.3 Å². The smallest absolute Gasteiger partial charge is 0.254 e. The first-order valence-electron chi connectivity index (χ1n) is 7.24. The van der Waals surface area contributed by atoms with Gasteiger partial charge in [-0.1, -0.05) is 11.6 Å². The Morgan fingerprint density at radius 2 is 2.14 bits per heavy atom. The number of amides is 2. The van der Waals surface area contributed by atoms with Gasteiger partial charge in [-0.25, -0.2) is 0 Å². The number of likely N-dealkylation sites (tertiary alicyclic amines) is 1. The van der Waals surface area contributed by atoms with Crippen LogP contribution in [-0.2, 0) is 4.79 Å². The summed E-state index contributed by atoms with van der Waals surface area (Å²) in [6, 6.07) is 3.06. The molecule has 2 heterocycles. The van der Waals surface area contributed by atoms with Crippen LogP contribution in [-0.4, -0.2) is 36.1 Å². The lowest BCUT2D eigenvalue weighted by molar-refractivity contribution is -0.119. The molecule has 1 aromatic rings. The highest BCUT2D eigenvalue weighted by atomic mass is 35.5. The van der Waals surface area contributed by atoms with Crippen LogP contribution < -0.4 is 15.2 Å². The third-order valence-corrected chi connectivity index (χ3v) is 4.28. The lowest BCUT2D eigenvalue weighted by atomic mass is 9.98. The lowest BCUT2D eigenvalue weighted by Gasteiger charge is -2.35. The number of benzene rings is 1. The largest absolute Gasteiger partial charge is 0.454 e. The second kappa shape index (κ2) is 6.04. The van der Waals surface area contributed by atoms with Crippen molar-refractivity contribution in [1.29, 1.82) is 0 Å². The number of nitrogens with zero attached hydrogens (tertiary/aromatic N) is 1. The first-order valence-corrected chi connectivity index (χ1v) is 7.62. The van der Waals surface area contributed by atoms with E-state index in [1.54, 1.807) is 17.0 Å². The fraction of sp³-hybridized carbons (Fsp3) is 0.467. The third-order valence-electron chi connectivity index (χ3n) is 4.00. The number of ether oxygens (including phenoxy) is 2. The van der Waals surface area contributed by atoms with Gasteiger partial charge in [0.2, 0.25) is 12.7 Å². The molecule has 1 saturated heterocycles. The minimum atomic E-state index is -0.395. The molecule has 6 nitrogen and oxygen atoms in total. The average molecular weight is 325 g/mol. The first-order chi connectivity index (χ1) is 10.6. The monoisotopic (exact) mass is 324 g/mol. The van der Waals surface area contributed by atoms with E-state index in [9.17, 15) is 9.59 Å². The van der Waals surface area contributed by atoms with Crippen molar-refractivity contribution in [3.63, 3.8) is 0 Å². The summed E-state index contributed by atoms with van der Waals surface area (Å²) in [4.78, 5) is 25.7. The number of fused-ring (bicyclic) bond motifs is 1. The zero-order valence-corrected chi connectivity index (χ0v) is 12.8. The van der Waals surface area contributed by atoms with Crippen molar-refractivity contribution < 1.29 is 19.1 Å². The van der Waals surface area contributed by atoms with Gasteiger partial charge in [-0.2, -0.15) is 0 Å². The highest BCUT2D eigenvalue weighted by molar-refractivity contribution is 6.32. The number of carbonyl (C=O) groups is 2. The van der Waals surface area contributed by atoms with Crippen molar-refractivity contribution in [3.8, 4) is 11.5 Å². The molecule has 0 aromatic heterocycles. The normalized spacial score (nSPS) is 20.0. The molecule has 2 aliphatic rings. The van der Waals surface area contributed by atoms with Gasteiger partial charge in [-0.15, -0.1) is 0 Å². The molecule has 0 aliphatic carbocycles. The minimum absolute atomic E-state index is 0.0979. The Bertz CT molecular complexity index is 620. The number of carbonyl (C=O) groups excluding carboxylic acids is 2. The van der Waals surface area contributed by atoms with Gasteiger partial charge in [0.25, 0.3) is 5.91 Å². The van der Waals surface area contributed by atoms with Crippen LogP contribution in [0.3, 0.4) is 0 Å². The Labute approximate surface area is 133 Å². The predicted molar refractivity (Wildman–Crippen MR) is 80.1 cm³/mol. The topological polar surface area (TPSA) is 81.9 Å². The third kappa shape index (κ3) is 2.83. The molecule has 0 spiro atoms. The van der Waals surface area contributed by atoms with Crippen LogP contribution in [0.15, 0.2) is 12.1 Å². The number of hydrogen-bond acceptors (Lipinski definition) is 4. The Balaban J connectivity index is 1.86. The minimum Gasteiger partial charge on any atom is -0.454 e. The van der Waals surface area contributed by atoms with E-state index in [2.05, 4.69) is 0 Å². The molecule has 2 amide bonds. The Morgan fingerprint density at radius 1 is 1.32 bits per heavy atom. The predicted octanol–water partition coefficient (Wildman–Crippen LogP) is 1.94. The van der Waals surface area contributed by atoms with Crippen molar-refractivity contribution in [3.05, 3.63) is 22.7 Å². The number of nitrogens with two attached hydrogens (primary N) is 1. The van der Waals surface area contributed by atoms with E-state index < -0.39 is 5.91 Å². The summed E-state index contributed by atoms with van der Waals surface area (Å²) >= 11 is 6.13. The van der Waals surface area contributed by atoms with E-state index in [4.69, 9.17) is 26.8 Å². The number of primary amides is 1. The van der Waals surface area contributed by atoms with Crippen LogP contribution in [0.1, 0.15) is 36.0 Å². The maximum atomic E-state index is 12.8. The maximum absolute atomic E-state index is 12.8. The van der Waals surface area contributed by atoms with E-state index in [1.807, 2.05) is 0 Å². The molecule has 1 aromatic carbocycles. The quantitative estimate of drug-likeness (QED) is 0.921. The molecule has 7 heteroatoms. The van der Waals surface area contributed by atoms with Crippen LogP contribution in [0, 0.1) is 0 Å². The summed E-state index contributed by atoms with van der Waals surface area (Å²) in [5, 5.41) is 0.349. The fourth-order valence-electron chi connectivity index (χ4n) is 2.97. The lowest BCUT2D eigenvalue weighted by Crippen LogP contribution is -2.45. The molecule has 2 N–H and O–H groups in total. The molecule has 3 rings (SSSR count). The second-order valence-electron chi connectivity index (χ2n) is 5.51. The zero-order valence-electron chi connectivity index (χ0n) is 12.0. The average Bonchev–Trinajstić information content (AvgIpc) is 2.95. The summed E-state index contributed by atoms with van der Waals surface area (Å²) < 4.78 is 10.5. The number of piperidine rings is 1. The number of rotatable bonds is 3. The molecule has 1 fully saturated rings. The van der Waals surface area contributed by atoms with Gasteiger partial charge in [-0.05, 0) is 31.4 Å². The second-order valence-corrected chi connectivity index (χ2v) is 5.92. The molecular weight excluding hydrogens is 308 g/mol. The van der Waals surface area contributed by atoms with Crippen molar-refractivity contribution in [2.24, 2.45) is 5.73 Å². The molecule has 0 radical (unpaired) electrons. The van der Waals surface area contributed by atoms with Crippen LogP contribution >= 0.6 is 11.6 Å². The maximum Gasteiger partial charge on any atom is 0.254 e. The van der Waals surface area contributed by atoms with Crippen LogP contribution in [0.4, 0.5) is 0 Å². The summed E-state index contributed by atoms with van der Waals surface area (Å²) in [5.41, 5.74) is 5.72. The first kappa shape index (κ1) is 15.0. The Kier molecular flexibility index (Phi) is 4.11. The van der Waals surface area contributed by atoms with Gasteiger partial charge < -0.3 is 20.1 Å². The van der Waals surface area contributed by atoms with E-state index >= 15 is 0 Å². The molecule has 22 heavy (non-hydrogen) atoms.